The number of Topliss-reactive ketones (excluding diaryl/α,β-unsaturated/α-hetero) is 1. The van der Waals surface area contributed by atoms with Gasteiger partial charge in [-0.15, -0.1) is 11.8 Å². The molecule has 0 aliphatic carbocycles. The number of thioether (sulfide) groups is 1. The number of hydrogen-bond acceptors (Lipinski definition) is 2. The van der Waals surface area contributed by atoms with Crippen LogP contribution in [0.2, 0.25) is 0 Å². The monoisotopic (exact) mass is 222 g/mol. The molecule has 0 N–H and O–H groups in total. The van der Waals surface area contributed by atoms with Crippen LogP contribution >= 0.6 is 11.8 Å². The van der Waals surface area contributed by atoms with Crippen molar-refractivity contribution in [2.75, 3.05) is 5.75 Å². The van der Waals surface area contributed by atoms with E-state index in [0.717, 1.165) is 17.2 Å². The fourth-order valence-corrected chi connectivity index (χ4v) is 2.18. The van der Waals surface area contributed by atoms with E-state index < -0.39 is 0 Å². The largest absolute Gasteiger partial charge is 0.295 e. The molecule has 0 aliphatic heterocycles. The standard InChI is InChI=1S/C13H18OS/c1-4-10(2)9-15-13-7-5-12(6-8-13)11(3)14/h5-8,10H,4,9H2,1-3H3. The van der Waals surface area contributed by atoms with Crippen molar-refractivity contribution >= 4 is 17.5 Å². The van der Waals surface area contributed by atoms with Crippen molar-refractivity contribution in [3.05, 3.63) is 29.8 Å². The molecule has 0 spiro atoms. The van der Waals surface area contributed by atoms with Crippen LogP contribution in [0.5, 0.6) is 0 Å². The number of carbonyl (C=O) groups is 1. The van der Waals surface area contributed by atoms with Crippen molar-refractivity contribution in [1.29, 1.82) is 0 Å². The highest BCUT2D eigenvalue weighted by atomic mass is 32.2. The fraction of sp³-hybridized carbons (Fsp3) is 0.462. The number of ketones is 1. The summed E-state index contributed by atoms with van der Waals surface area (Å²) >= 11 is 1.86. The molecule has 0 aliphatic rings. The first-order valence-corrected chi connectivity index (χ1v) is 6.35. The Kier molecular flexibility index (Phi) is 4.89. The van der Waals surface area contributed by atoms with E-state index in [0.29, 0.717) is 0 Å². The third-order valence-corrected chi connectivity index (χ3v) is 3.83. The van der Waals surface area contributed by atoms with Crippen LogP contribution in [-0.2, 0) is 0 Å². The van der Waals surface area contributed by atoms with Gasteiger partial charge in [-0.3, -0.25) is 4.79 Å². The molecule has 1 rings (SSSR count). The molecular weight excluding hydrogens is 204 g/mol. The van der Waals surface area contributed by atoms with Crippen LogP contribution in [0, 0.1) is 5.92 Å². The number of rotatable bonds is 5. The van der Waals surface area contributed by atoms with Gasteiger partial charge in [0, 0.05) is 16.2 Å². The van der Waals surface area contributed by atoms with Gasteiger partial charge in [-0.05, 0) is 25.0 Å². The summed E-state index contributed by atoms with van der Waals surface area (Å²) in [6.45, 7) is 6.07. The van der Waals surface area contributed by atoms with Gasteiger partial charge in [0.15, 0.2) is 5.78 Å². The van der Waals surface area contributed by atoms with Crippen LogP contribution in [0.4, 0.5) is 0 Å². The van der Waals surface area contributed by atoms with E-state index in [9.17, 15) is 4.79 Å². The Morgan fingerprint density at radius 3 is 2.40 bits per heavy atom. The van der Waals surface area contributed by atoms with Crippen molar-refractivity contribution in [3.8, 4) is 0 Å². The molecule has 0 fully saturated rings. The number of carbonyl (C=O) groups excluding carboxylic acids is 1. The van der Waals surface area contributed by atoms with Gasteiger partial charge in [-0.25, -0.2) is 0 Å². The molecular formula is C13H18OS. The maximum Gasteiger partial charge on any atom is 0.159 e. The summed E-state index contributed by atoms with van der Waals surface area (Å²) in [6.07, 6.45) is 1.22. The SMILES string of the molecule is CCC(C)CSc1ccc(C(C)=O)cc1. The highest BCUT2D eigenvalue weighted by Gasteiger charge is 2.02. The van der Waals surface area contributed by atoms with Crippen LogP contribution in [-0.4, -0.2) is 11.5 Å². The normalized spacial score (nSPS) is 12.5. The van der Waals surface area contributed by atoms with Gasteiger partial charge in [0.25, 0.3) is 0 Å². The molecule has 0 heterocycles. The lowest BCUT2D eigenvalue weighted by Crippen LogP contribution is -1.95. The predicted octanol–water partition coefficient (Wildman–Crippen LogP) is 4.03. The van der Waals surface area contributed by atoms with Gasteiger partial charge in [-0.2, -0.15) is 0 Å². The summed E-state index contributed by atoms with van der Waals surface area (Å²) in [4.78, 5) is 12.3. The average molecular weight is 222 g/mol. The molecule has 0 bridgehead atoms. The second-order valence-electron chi connectivity index (χ2n) is 3.90. The zero-order valence-electron chi connectivity index (χ0n) is 9.62. The molecule has 0 saturated heterocycles. The quantitative estimate of drug-likeness (QED) is 0.552. The van der Waals surface area contributed by atoms with Gasteiger partial charge >= 0.3 is 0 Å². The third kappa shape index (κ3) is 4.08. The molecule has 1 aromatic rings. The van der Waals surface area contributed by atoms with Gasteiger partial charge < -0.3 is 0 Å². The van der Waals surface area contributed by atoms with Gasteiger partial charge in [-0.1, -0.05) is 32.4 Å². The second-order valence-corrected chi connectivity index (χ2v) is 5.00. The first kappa shape index (κ1) is 12.3. The highest BCUT2D eigenvalue weighted by molar-refractivity contribution is 7.99. The Balaban J connectivity index is 2.53. The number of hydrogen-bond donors (Lipinski definition) is 0. The van der Waals surface area contributed by atoms with Crippen LogP contribution < -0.4 is 0 Å². The summed E-state index contributed by atoms with van der Waals surface area (Å²) in [7, 11) is 0. The lowest BCUT2D eigenvalue weighted by atomic mass is 10.2. The minimum absolute atomic E-state index is 0.133. The lowest BCUT2D eigenvalue weighted by molar-refractivity contribution is 0.101. The minimum Gasteiger partial charge on any atom is -0.295 e. The van der Waals surface area contributed by atoms with Gasteiger partial charge in [0.2, 0.25) is 0 Å². The molecule has 1 nitrogen and oxygen atoms in total. The van der Waals surface area contributed by atoms with Crippen molar-refractivity contribution < 1.29 is 4.79 Å². The van der Waals surface area contributed by atoms with E-state index in [1.165, 1.54) is 11.3 Å². The fourth-order valence-electron chi connectivity index (χ4n) is 1.14. The van der Waals surface area contributed by atoms with E-state index in [1.54, 1.807) is 6.92 Å². The van der Waals surface area contributed by atoms with Crippen LogP contribution in [0.15, 0.2) is 29.2 Å². The molecule has 0 aromatic heterocycles. The minimum atomic E-state index is 0.133. The zero-order chi connectivity index (χ0) is 11.3. The van der Waals surface area contributed by atoms with E-state index >= 15 is 0 Å². The van der Waals surface area contributed by atoms with E-state index in [1.807, 2.05) is 36.0 Å². The molecule has 1 unspecified atom stereocenters. The Hall–Kier alpha value is -0.760. The summed E-state index contributed by atoms with van der Waals surface area (Å²) in [5.74, 6) is 2.03. The predicted molar refractivity (Wildman–Crippen MR) is 66.6 cm³/mol. The molecule has 0 saturated carbocycles. The van der Waals surface area contributed by atoms with Gasteiger partial charge in [0.1, 0.15) is 0 Å². The smallest absolute Gasteiger partial charge is 0.159 e. The third-order valence-electron chi connectivity index (χ3n) is 2.49. The van der Waals surface area contributed by atoms with Crippen LogP contribution in [0.25, 0.3) is 0 Å². The molecule has 0 radical (unpaired) electrons. The topological polar surface area (TPSA) is 17.1 Å². The molecule has 15 heavy (non-hydrogen) atoms. The molecule has 2 heteroatoms. The van der Waals surface area contributed by atoms with E-state index in [4.69, 9.17) is 0 Å². The molecule has 1 aromatic carbocycles. The summed E-state index contributed by atoms with van der Waals surface area (Å²) in [6, 6.07) is 7.87. The van der Waals surface area contributed by atoms with E-state index in [2.05, 4.69) is 13.8 Å². The second kappa shape index (κ2) is 5.96. The van der Waals surface area contributed by atoms with Crippen molar-refractivity contribution in [1.82, 2.24) is 0 Å². The zero-order valence-corrected chi connectivity index (χ0v) is 10.4. The Morgan fingerprint density at radius 2 is 1.93 bits per heavy atom. The Labute approximate surface area is 96.3 Å². The summed E-state index contributed by atoms with van der Waals surface area (Å²) in [5.41, 5.74) is 0.794. The van der Waals surface area contributed by atoms with Gasteiger partial charge in [0.05, 0.1) is 0 Å². The average Bonchev–Trinajstić information content (AvgIpc) is 2.26. The number of benzene rings is 1. The van der Waals surface area contributed by atoms with Crippen LogP contribution in [0.3, 0.4) is 0 Å². The maximum atomic E-state index is 11.1. The van der Waals surface area contributed by atoms with Crippen molar-refractivity contribution in [2.24, 2.45) is 5.92 Å². The first-order chi connectivity index (χ1) is 7.13. The highest BCUT2D eigenvalue weighted by Crippen LogP contribution is 2.22. The maximum absolute atomic E-state index is 11.1. The molecule has 0 amide bonds. The Morgan fingerprint density at radius 1 is 1.33 bits per heavy atom. The van der Waals surface area contributed by atoms with Crippen molar-refractivity contribution in [3.63, 3.8) is 0 Å². The van der Waals surface area contributed by atoms with Crippen molar-refractivity contribution in [2.45, 2.75) is 32.1 Å². The molecule has 1 atom stereocenters. The first-order valence-electron chi connectivity index (χ1n) is 5.37. The Bertz CT molecular complexity index is 316. The van der Waals surface area contributed by atoms with E-state index in [-0.39, 0.29) is 5.78 Å². The summed E-state index contributed by atoms with van der Waals surface area (Å²) < 4.78 is 0. The lowest BCUT2D eigenvalue weighted by Gasteiger charge is -2.07. The molecule has 82 valence electrons. The summed E-state index contributed by atoms with van der Waals surface area (Å²) in [5, 5.41) is 0. The van der Waals surface area contributed by atoms with Crippen LogP contribution in [0.1, 0.15) is 37.6 Å².